The molecule has 0 radical (unpaired) electrons. The molecule has 0 aliphatic carbocycles. The highest BCUT2D eigenvalue weighted by Crippen LogP contribution is 2.33. The van der Waals surface area contributed by atoms with Crippen LogP contribution in [-0.2, 0) is 6.18 Å². The molecule has 2 rings (SSSR count). The molecule has 2 aromatic carbocycles. The Hall–Kier alpha value is -1.81. The normalized spacial score (nSPS) is 13.2. The van der Waals surface area contributed by atoms with Crippen molar-refractivity contribution in [1.82, 2.24) is 5.32 Å². The number of alkyl halides is 3. The summed E-state index contributed by atoms with van der Waals surface area (Å²) in [6.07, 6.45) is -4.30. The van der Waals surface area contributed by atoms with Gasteiger partial charge in [-0.3, -0.25) is 0 Å². The Labute approximate surface area is 122 Å². The van der Waals surface area contributed by atoms with Crippen LogP contribution in [0.4, 0.5) is 13.2 Å². The fraction of sp³-hybridized carbons (Fsp3) is 0.294. The summed E-state index contributed by atoms with van der Waals surface area (Å²) in [7, 11) is 0. The minimum absolute atomic E-state index is 0.147. The molecule has 4 heteroatoms. The molecule has 0 saturated heterocycles. The Kier molecular flexibility index (Phi) is 4.68. The predicted octanol–water partition coefficient (Wildman–Crippen LogP) is 5.04. The van der Waals surface area contributed by atoms with Gasteiger partial charge in [0.05, 0.1) is 5.56 Å². The zero-order chi connectivity index (χ0) is 15.5. The van der Waals surface area contributed by atoms with Crippen molar-refractivity contribution in [2.75, 3.05) is 6.54 Å². The topological polar surface area (TPSA) is 12.0 Å². The lowest BCUT2D eigenvalue weighted by Gasteiger charge is -2.17. The van der Waals surface area contributed by atoms with Crippen LogP contribution in [0, 0.1) is 0 Å². The van der Waals surface area contributed by atoms with Crippen molar-refractivity contribution >= 4 is 0 Å². The molecule has 0 amide bonds. The van der Waals surface area contributed by atoms with Gasteiger partial charge in [0.25, 0.3) is 0 Å². The second kappa shape index (κ2) is 6.31. The van der Waals surface area contributed by atoms with Crippen LogP contribution in [-0.4, -0.2) is 6.54 Å². The third kappa shape index (κ3) is 3.64. The van der Waals surface area contributed by atoms with Gasteiger partial charge in [0, 0.05) is 6.04 Å². The first kappa shape index (κ1) is 15.6. The number of hydrogen-bond donors (Lipinski definition) is 1. The third-order valence-electron chi connectivity index (χ3n) is 3.46. The van der Waals surface area contributed by atoms with E-state index in [4.69, 9.17) is 0 Å². The largest absolute Gasteiger partial charge is 0.416 e. The second-order valence-corrected chi connectivity index (χ2v) is 4.94. The molecule has 1 atom stereocenters. The van der Waals surface area contributed by atoms with E-state index in [0.717, 1.165) is 35.4 Å². The maximum atomic E-state index is 12.6. The number of rotatable bonds is 4. The second-order valence-electron chi connectivity index (χ2n) is 4.94. The van der Waals surface area contributed by atoms with E-state index in [-0.39, 0.29) is 6.04 Å². The van der Waals surface area contributed by atoms with E-state index >= 15 is 0 Å². The lowest BCUT2D eigenvalue weighted by atomic mass is 9.95. The summed E-state index contributed by atoms with van der Waals surface area (Å²) in [5, 5.41) is 3.33. The first-order valence-electron chi connectivity index (χ1n) is 6.93. The van der Waals surface area contributed by atoms with Crippen LogP contribution in [0.3, 0.4) is 0 Å². The van der Waals surface area contributed by atoms with Crippen LogP contribution < -0.4 is 5.32 Å². The first-order chi connectivity index (χ1) is 9.93. The van der Waals surface area contributed by atoms with Crippen molar-refractivity contribution in [3.05, 3.63) is 59.7 Å². The maximum absolute atomic E-state index is 12.6. The molecule has 0 bridgehead atoms. The Morgan fingerprint density at radius 3 is 2.19 bits per heavy atom. The molecule has 1 unspecified atom stereocenters. The van der Waals surface area contributed by atoms with Crippen molar-refractivity contribution in [2.24, 2.45) is 0 Å². The van der Waals surface area contributed by atoms with Crippen molar-refractivity contribution in [1.29, 1.82) is 0 Å². The van der Waals surface area contributed by atoms with Gasteiger partial charge in [-0.2, -0.15) is 13.2 Å². The lowest BCUT2D eigenvalue weighted by molar-refractivity contribution is -0.137. The molecule has 0 spiro atoms. The van der Waals surface area contributed by atoms with Gasteiger partial charge < -0.3 is 5.32 Å². The van der Waals surface area contributed by atoms with Gasteiger partial charge in [-0.05, 0) is 42.3 Å². The van der Waals surface area contributed by atoms with Gasteiger partial charge in [-0.1, -0.05) is 43.3 Å². The molecule has 21 heavy (non-hydrogen) atoms. The molecule has 112 valence electrons. The molecular weight excluding hydrogens is 275 g/mol. The van der Waals surface area contributed by atoms with Crippen molar-refractivity contribution in [2.45, 2.75) is 26.1 Å². The standard InChI is InChI=1S/C17H18F3N/c1-3-21-12(2)15-6-4-5-7-16(15)13-8-10-14(11-9-13)17(18,19)20/h4-12,21H,3H2,1-2H3. The molecule has 0 heterocycles. The van der Waals surface area contributed by atoms with Crippen LogP contribution in [0.2, 0.25) is 0 Å². The van der Waals surface area contributed by atoms with Gasteiger partial charge in [0.1, 0.15) is 0 Å². The van der Waals surface area contributed by atoms with E-state index in [1.165, 1.54) is 12.1 Å². The summed E-state index contributed by atoms with van der Waals surface area (Å²) in [6.45, 7) is 4.91. The van der Waals surface area contributed by atoms with E-state index in [0.29, 0.717) is 0 Å². The van der Waals surface area contributed by atoms with Crippen LogP contribution in [0.1, 0.15) is 31.0 Å². The number of benzene rings is 2. The fourth-order valence-corrected chi connectivity index (χ4v) is 2.39. The number of nitrogens with one attached hydrogen (secondary N) is 1. The van der Waals surface area contributed by atoms with E-state index in [1.54, 1.807) is 0 Å². The zero-order valence-corrected chi connectivity index (χ0v) is 12.0. The highest BCUT2D eigenvalue weighted by atomic mass is 19.4. The summed E-state index contributed by atoms with van der Waals surface area (Å²) in [6, 6.07) is 13.2. The Bertz CT molecular complexity index is 588. The van der Waals surface area contributed by atoms with Gasteiger partial charge in [-0.15, -0.1) is 0 Å². The smallest absolute Gasteiger partial charge is 0.310 e. The average Bonchev–Trinajstić information content (AvgIpc) is 2.47. The molecule has 1 N–H and O–H groups in total. The summed E-state index contributed by atoms with van der Waals surface area (Å²) >= 11 is 0. The van der Waals surface area contributed by atoms with E-state index < -0.39 is 11.7 Å². The first-order valence-corrected chi connectivity index (χ1v) is 6.93. The highest BCUT2D eigenvalue weighted by molar-refractivity contribution is 5.68. The highest BCUT2D eigenvalue weighted by Gasteiger charge is 2.30. The third-order valence-corrected chi connectivity index (χ3v) is 3.46. The summed E-state index contributed by atoms with van der Waals surface area (Å²) in [5.41, 5.74) is 2.21. The van der Waals surface area contributed by atoms with E-state index in [9.17, 15) is 13.2 Å². The number of hydrogen-bond acceptors (Lipinski definition) is 1. The maximum Gasteiger partial charge on any atom is 0.416 e. The molecular formula is C17H18F3N. The summed E-state index contributed by atoms with van der Waals surface area (Å²) in [4.78, 5) is 0. The monoisotopic (exact) mass is 293 g/mol. The molecule has 0 fully saturated rings. The molecule has 0 saturated carbocycles. The zero-order valence-electron chi connectivity index (χ0n) is 12.0. The Balaban J connectivity index is 2.38. The van der Waals surface area contributed by atoms with Crippen molar-refractivity contribution < 1.29 is 13.2 Å². The van der Waals surface area contributed by atoms with Crippen LogP contribution in [0.25, 0.3) is 11.1 Å². The van der Waals surface area contributed by atoms with Gasteiger partial charge >= 0.3 is 6.18 Å². The Morgan fingerprint density at radius 1 is 1.00 bits per heavy atom. The predicted molar refractivity (Wildman–Crippen MR) is 79.0 cm³/mol. The fourth-order valence-electron chi connectivity index (χ4n) is 2.39. The summed E-state index contributed by atoms with van der Waals surface area (Å²) < 4.78 is 37.9. The quantitative estimate of drug-likeness (QED) is 0.832. The van der Waals surface area contributed by atoms with Crippen molar-refractivity contribution in [3.63, 3.8) is 0 Å². The SMILES string of the molecule is CCNC(C)c1ccccc1-c1ccc(C(F)(F)F)cc1. The van der Waals surface area contributed by atoms with Crippen LogP contribution >= 0.6 is 0 Å². The molecule has 0 aliphatic rings. The van der Waals surface area contributed by atoms with Crippen LogP contribution in [0.15, 0.2) is 48.5 Å². The lowest BCUT2D eigenvalue weighted by Crippen LogP contribution is -2.18. The molecule has 2 aromatic rings. The van der Waals surface area contributed by atoms with Crippen LogP contribution in [0.5, 0.6) is 0 Å². The minimum atomic E-state index is -4.30. The van der Waals surface area contributed by atoms with Gasteiger partial charge in [0.15, 0.2) is 0 Å². The average molecular weight is 293 g/mol. The molecule has 0 aromatic heterocycles. The number of halogens is 3. The van der Waals surface area contributed by atoms with E-state index in [2.05, 4.69) is 5.32 Å². The molecule has 0 aliphatic heterocycles. The van der Waals surface area contributed by atoms with Crippen molar-refractivity contribution in [3.8, 4) is 11.1 Å². The summed E-state index contributed by atoms with van der Waals surface area (Å²) in [5.74, 6) is 0. The van der Waals surface area contributed by atoms with Gasteiger partial charge in [-0.25, -0.2) is 0 Å². The Morgan fingerprint density at radius 2 is 1.62 bits per heavy atom. The van der Waals surface area contributed by atoms with Gasteiger partial charge in [0.2, 0.25) is 0 Å². The van der Waals surface area contributed by atoms with E-state index in [1.807, 2.05) is 38.1 Å². The minimum Gasteiger partial charge on any atom is -0.310 e. The molecule has 1 nitrogen and oxygen atoms in total.